The second-order valence-corrected chi connectivity index (χ2v) is 7.30. The molecule has 4 aliphatic heterocycles. The number of fused-ring (bicyclic) bond motifs is 2. The van der Waals surface area contributed by atoms with Gasteiger partial charge in [-0.25, -0.2) is 9.78 Å². The standard InChI is InChI=1S/C15H24O5.BrH/c1-8-4-5-11-9(2)12(16)17-13-15(11)10(8)6-7-14(3,18-13)19-20-15;/h8-13,16H,4-7H2,1-3H3;1H/t8-,9-,10+,11+,12?,13-,14-,15-;/m1./s1. The maximum atomic E-state index is 10.2. The smallest absolute Gasteiger partial charge is 0.201 e. The Labute approximate surface area is 136 Å². The first kappa shape index (κ1) is 16.1. The lowest BCUT2D eigenvalue weighted by Crippen LogP contribution is -2.70. The Kier molecular flexibility index (Phi) is 3.96. The fraction of sp³-hybridized carbons (Fsp3) is 1.00. The van der Waals surface area contributed by atoms with E-state index in [4.69, 9.17) is 19.2 Å². The molecule has 1 N–H and O–H groups in total. The highest BCUT2D eigenvalue weighted by molar-refractivity contribution is 8.93. The molecule has 122 valence electrons. The van der Waals surface area contributed by atoms with Crippen LogP contribution in [0.2, 0.25) is 0 Å². The summed E-state index contributed by atoms with van der Waals surface area (Å²) in [6.07, 6.45) is 2.72. The van der Waals surface area contributed by atoms with E-state index in [1.165, 1.54) is 6.42 Å². The number of hydrogen-bond acceptors (Lipinski definition) is 5. The van der Waals surface area contributed by atoms with E-state index in [2.05, 4.69) is 6.92 Å². The van der Waals surface area contributed by atoms with Gasteiger partial charge in [0.1, 0.15) is 0 Å². The van der Waals surface area contributed by atoms with Gasteiger partial charge in [-0.3, -0.25) is 0 Å². The van der Waals surface area contributed by atoms with E-state index in [0.717, 1.165) is 19.3 Å². The first-order valence-electron chi connectivity index (χ1n) is 7.84. The summed E-state index contributed by atoms with van der Waals surface area (Å²) in [5.41, 5.74) is -0.549. The van der Waals surface area contributed by atoms with Gasteiger partial charge in [-0.2, -0.15) is 0 Å². The van der Waals surface area contributed by atoms with Gasteiger partial charge in [0, 0.05) is 18.3 Å². The second kappa shape index (κ2) is 5.14. The molecule has 1 spiro atoms. The summed E-state index contributed by atoms with van der Waals surface area (Å²) >= 11 is 0. The molecule has 4 heterocycles. The summed E-state index contributed by atoms with van der Waals surface area (Å²) in [7, 11) is 0. The molecule has 1 aliphatic carbocycles. The van der Waals surface area contributed by atoms with Crippen LogP contribution in [0.5, 0.6) is 0 Å². The van der Waals surface area contributed by atoms with Crippen LogP contribution in [0.3, 0.4) is 0 Å². The van der Waals surface area contributed by atoms with Crippen molar-refractivity contribution >= 4 is 17.0 Å². The number of aliphatic hydroxyl groups is 1. The van der Waals surface area contributed by atoms with Gasteiger partial charge < -0.3 is 14.6 Å². The summed E-state index contributed by atoms with van der Waals surface area (Å²) < 4.78 is 11.9. The minimum atomic E-state index is -0.781. The highest BCUT2D eigenvalue weighted by Crippen LogP contribution is 2.60. The molecule has 0 aromatic rings. The van der Waals surface area contributed by atoms with Crippen molar-refractivity contribution in [3.63, 3.8) is 0 Å². The van der Waals surface area contributed by atoms with Gasteiger partial charge in [-0.15, -0.1) is 17.0 Å². The third kappa shape index (κ3) is 2.07. The Hall–Kier alpha value is 0.280. The SMILES string of the molecule is Br.C[C@@H]1CC[C@H]2[C@@H](C)C(O)O[C@@H]3O[C@@]4(C)CC[C@@H]1[C@]32OO4. The predicted octanol–water partition coefficient (Wildman–Crippen LogP) is 2.76. The van der Waals surface area contributed by atoms with Gasteiger partial charge in [-0.1, -0.05) is 13.8 Å². The molecule has 2 bridgehead atoms. The van der Waals surface area contributed by atoms with Crippen LogP contribution in [0.25, 0.3) is 0 Å². The van der Waals surface area contributed by atoms with E-state index in [0.29, 0.717) is 11.8 Å². The molecule has 1 saturated carbocycles. The highest BCUT2D eigenvalue weighted by atomic mass is 79.9. The number of hydrogen-bond donors (Lipinski definition) is 1. The summed E-state index contributed by atoms with van der Waals surface area (Å²) in [5, 5.41) is 10.2. The number of halogens is 1. The molecule has 5 aliphatic rings. The predicted molar refractivity (Wildman–Crippen MR) is 79.4 cm³/mol. The van der Waals surface area contributed by atoms with E-state index in [1.807, 2.05) is 13.8 Å². The third-order valence-corrected chi connectivity index (χ3v) is 6.12. The maximum Gasteiger partial charge on any atom is 0.201 e. The molecule has 5 fully saturated rings. The normalized spacial score (nSPS) is 58.9. The Balaban J connectivity index is 0.00000132. The zero-order valence-electron chi connectivity index (χ0n) is 12.8. The van der Waals surface area contributed by atoms with Gasteiger partial charge in [0.25, 0.3) is 0 Å². The third-order valence-electron chi connectivity index (χ3n) is 6.12. The molecule has 5 rings (SSSR count). The zero-order valence-corrected chi connectivity index (χ0v) is 14.5. The maximum absolute atomic E-state index is 10.2. The second-order valence-electron chi connectivity index (χ2n) is 7.30. The number of aliphatic hydroxyl groups excluding tert-OH is 1. The minimum Gasteiger partial charge on any atom is -0.368 e. The van der Waals surface area contributed by atoms with Crippen molar-refractivity contribution in [1.29, 1.82) is 0 Å². The Morgan fingerprint density at radius 3 is 2.57 bits per heavy atom. The van der Waals surface area contributed by atoms with Crippen LogP contribution in [0, 0.1) is 23.7 Å². The number of ether oxygens (including phenoxy) is 2. The van der Waals surface area contributed by atoms with Crippen molar-refractivity contribution in [1.82, 2.24) is 0 Å². The molecule has 8 atom stereocenters. The van der Waals surface area contributed by atoms with Crippen LogP contribution in [-0.2, 0) is 19.2 Å². The molecule has 0 amide bonds. The molecule has 0 aromatic heterocycles. The van der Waals surface area contributed by atoms with Gasteiger partial charge in [0.05, 0.1) is 0 Å². The van der Waals surface area contributed by atoms with Crippen molar-refractivity contribution in [2.24, 2.45) is 23.7 Å². The largest absolute Gasteiger partial charge is 0.368 e. The van der Waals surface area contributed by atoms with E-state index in [-0.39, 0.29) is 28.8 Å². The summed E-state index contributed by atoms with van der Waals surface area (Å²) in [5.74, 6) is 0.437. The molecular formula is C15H25BrO5. The number of rotatable bonds is 0. The molecule has 0 radical (unpaired) electrons. The fourth-order valence-corrected chi connectivity index (χ4v) is 4.89. The van der Waals surface area contributed by atoms with E-state index in [1.54, 1.807) is 0 Å². The minimum absolute atomic E-state index is 0. The Bertz CT molecular complexity index is 417. The molecular weight excluding hydrogens is 340 g/mol. The van der Waals surface area contributed by atoms with Crippen LogP contribution < -0.4 is 0 Å². The van der Waals surface area contributed by atoms with E-state index in [9.17, 15) is 5.11 Å². The summed E-state index contributed by atoms with van der Waals surface area (Å²) in [6.45, 7) is 6.22. The fourth-order valence-electron chi connectivity index (χ4n) is 4.89. The quantitative estimate of drug-likeness (QED) is 0.669. The molecule has 1 unspecified atom stereocenters. The first-order chi connectivity index (χ1) is 9.46. The van der Waals surface area contributed by atoms with Crippen LogP contribution in [0.15, 0.2) is 0 Å². The van der Waals surface area contributed by atoms with Crippen molar-refractivity contribution in [2.75, 3.05) is 0 Å². The van der Waals surface area contributed by atoms with Gasteiger partial charge in [0.2, 0.25) is 5.79 Å². The van der Waals surface area contributed by atoms with E-state index < -0.39 is 24.0 Å². The van der Waals surface area contributed by atoms with Gasteiger partial charge >= 0.3 is 0 Å². The van der Waals surface area contributed by atoms with Crippen molar-refractivity contribution < 1.29 is 24.4 Å². The lowest BCUT2D eigenvalue weighted by atomic mass is 9.58. The van der Waals surface area contributed by atoms with Crippen LogP contribution in [0.1, 0.15) is 46.5 Å². The highest BCUT2D eigenvalue weighted by Gasteiger charge is 2.69. The van der Waals surface area contributed by atoms with Crippen molar-refractivity contribution in [3.05, 3.63) is 0 Å². The average molecular weight is 365 g/mol. The monoisotopic (exact) mass is 364 g/mol. The van der Waals surface area contributed by atoms with Crippen LogP contribution >= 0.6 is 17.0 Å². The molecule has 0 aromatic carbocycles. The topological polar surface area (TPSA) is 57.2 Å². The Morgan fingerprint density at radius 1 is 1.05 bits per heavy atom. The lowest BCUT2D eigenvalue weighted by molar-refractivity contribution is -0.576. The van der Waals surface area contributed by atoms with Gasteiger partial charge in [-0.05, 0) is 38.0 Å². The summed E-state index contributed by atoms with van der Waals surface area (Å²) in [6, 6.07) is 0. The van der Waals surface area contributed by atoms with Crippen LogP contribution in [0.4, 0.5) is 0 Å². The van der Waals surface area contributed by atoms with Crippen LogP contribution in [-0.4, -0.2) is 29.1 Å². The van der Waals surface area contributed by atoms with Gasteiger partial charge in [0.15, 0.2) is 18.2 Å². The van der Waals surface area contributed by atoms with E-state index >= 15 is 0 Å². The average Bonchev–Trinajstić information content (AvgIpc) is 2.63. The lowest BCUT2D eigenvalue weighted by Gasteiger charge is -2.59. The zero-order chi connectivity index (χ0) is 14.1. The molecule has 21 heavy (non-hydrogen) atoms. The molecule has 4 saturated heterocycles. The van der Waals surface area contributed by atoms with Crippen molar-refractivity contribution in [2.45, 2.75) is 70.4 Å². The molecule has 5 nitrogen and oxygen atoms in total. The summed E-state index contributed by atoms with van der Waals surface area (Å²) in [4.78, 5) is 11.6. The molecule has 6 heteroatoms. The van der Waals surface area contributed by atoms with Crippen molar-refractivity contribution in [3.8, 4) is 0 Å². The Morgan fingerprint density at radius 2 is 1.81 bits per heavy atom. The first-order valence-corrected chi connectivity index (χ1v) is 7.84.